The van der Waals surface area contributed by atoms with Gasteiger partial charge in [0.2, 0.25) is 0 Å². The Kier molecular flexibility index (Phi) is 1.90. The second-order valence-corrected chi connectivity index (χ2v) is 4.77. The summed E-state index contributed by atoms with van der Waals surface area (Å²) in [6.45, 7) is 2.19. The van der Waals surface area contributed by atoms with E-state index in [1.54, 1.807) is 0 Å². The van der Waals surface area contributed by atoms with E-state index in [0.717, 1.165) is 17.9 Å². The molecule has 0 radical (unpaired) electrons. The van der Waals surface area contributed by atoms with E-state index in [9.17, 15) is 4.79 Å². The van der Waals surface area contributed by atoms with E-state index < -0.39 is 0 Å². The van der Waals surface area contributed by atoms with E-state index >= 15 is 0 Å². The summed E-state index contributed by atoms with van der Waals surface area (Å²) in [6, 6.07) is 0.418. The lowest BCUT2D eigenvalue weighted by Crippen LogP contribution is -2.12. The van der Waals surface area contributed by atoms with Crippen LogP contribution < -0.4 is 0 Å². The van der Waals surface area contributed by atoms with Crippen molar-refractivity contribution in [2.24, 2.45) is 5.92 Å². The van der Waals surface area contributed by atoms with Crippen molar-refractivity contribution in [3.63, 3.8) is 0 Å². The highest BCUT2D eigenvalue weighted by molar-refractivity contribution is 5.73. The second kappa shape index (κ2) is 3.15. The molecule has 0 saturated heterocycles. The average molecular weight is 205 g/mol. The number of aldehydes is 1. The molecule has 1 heterocycles. The molecular formula is C11H15N3O. The monoisotopic (exact) mass is 205 g/mol. The molecule has 15 heavy (non-hydrogen) atoms. The second-order valence-electron chi connectivity index (χ2n) is 4.77. The zero-order chi connectivity index (χ0) is 10.4. The number of nitrogens with zero attached hydrogens (tertiary/aromatic N) is 3. The van der Waals surface area contributed by atoms with Crippen LogP contribution in [0.15, 0.2) is 0 Å². The molecule has 2 aliphatic carbocycles. The maximum Gasteiger partial charge on any atom is 0.172 e. The number of carbonyl (C=O) groups is 1. The minimum Gasteiger partial charge on any atom is -0.296 e. The summed E-state index contributed by atoms with van der Waals surface area (Å²) in [7, 11) is 0. The van der Waals surface area contributed by atoms with Crippen molar-refractivity contribution in [2.45, 2.75) is 44.6 Å². The third kappa shape index (κ3) is 1.48. The van der Waals surface area contributed by atoms with Gasteiger partial charge in [-0.3, -0.25) is 4.79 Å². The van der Waals surface area contributed by atoms with Gasteiger partial charge < -0.3 is 0 Å². The molecule has 3 rings (SSSR count). The molecule has 1 aromatic heterocycles. The molecule has 0 amide bonds. The molecule has 0 spiro atoms. The quantitative estimate of drug-likeness (QED) is 0.706. The van der Waals surface area contributed by atoms with Gasteiger partial charge in [-0.05, 0) is 38.5 Å². The predicted octanol–water partition coefficient (Wildman–Crippen LogP) is 1.94. The van der Waals surface area contributed by atoms with Crippen LogP contribution in [0, 0.1) is 5.92 Å². The summed E-state index contributed by atoms with van der Waals surface area (Å²) in [6.07, 6.45) is 5.80. The van der Waals surface area contributed by atoms with E-state index in [1.807, 2.05) is 4.68 Å². The maximum atomic E-state index is 10.9. The Balaban J connectivity index is 1.97. The summed E-state index contributed by atoms with van der Waals surface area (Å²) >= 11 is 0. The predicted molar refractivity (Wildman–Crippen MR) is 54.8 cm³/mol. The molecule has 2 saturated carbocycles. The molecule has 0 N–H and O–H groups in total. The van der Waals surface area contributed by atoms with Crippen molar-refractivity contribution >= 4 is 6.29 Å². The van der Waals surface area contributed by atoms with Crippen LogP contribution in [-0.2, 0) is 0 Å². The Labute approximate surface area is 88.7 Å². The lowest BCUT2D eigenvalue weighted by Gasteiger charge is -2.13. The normalized spacial score (nSPS) is 22.7. The minimum absolute atomic E-state index is 0.418. The third-order valence-corrected chi connectivity index (χ3v) is 3.52. The summed E-state index contributed by atoms with van der Waals surface area (Å²) in [5, 5.41) is 8.12. The number of carbonyl (C=O) groups excluding carboxylic acids is 1. The molecule has 80 valence electrons. The first kappa shape index (κ1) is 9.07. The lowest BCUT2D eigenvalue weighted by molar-refractivity contribution is 0.111. The van der Waals surface area contributed by atoms with E-state index in [1.165, 1.54) is 25.7 Å². The fourth-order valence-corrected chi connectivity index (χ4v) is 2.23. The van der Waals surface area contributed by atoms with Crippen LogP contribution in [0.3, 0.4) is 0 Å². The highest BCUT2D eigenvalue weighted by Crippen LogP contribution is 2.45. The van der Waals surface area contributed by atoms with Gasteiger partial charge in [-0.25, -0.2) is 4.68 Å². The van der Waals surface area contributed by atoms with Crippen LogP contribution >= 0.6 is 0 Å². The van der Waals surface area contributed by atoms with Gasteiger partial charge in [0.05, 0.1) is 11.7 Å². The third-order valence-electron chi connectivity index (χ3n) is 3.52. The smallest absolute Gasteiger partial charge is 0.172 e. The molecule has 1 unspecified atom stereocenters. The van der Waals surface area contributed by atoms with E-state index in [2.05, 4.69) is 17.2 Å². The molecule has 0 aromatic carbocycles. The first-order valence-electron chi connectivity index (χ1n) is 5.71. The Bertz CT molecular complexity index is 391. The first-order valence-corrected chi connectivity index (χ1v) is 5.71. The standard InChI is InChI=1S/C11H15N3O/c1-7(8-2-3-8)14-11(9-4-5-9)10(6-15)12-13-14/h6-9H,2-5H2,1H3. The Morgan fingerprint density at radius 3 is 2.67 bits per heavy atom. The highest BCUT2D eigenvalue weighted by atomic mass is 16.1. The van der Waals surface area contributed by atoms with Gasteiger partial charge in [0, 0.05) is 5.92 Å². The van der Waals surface area contributed by atoms with Gasteiger partial charge >= 0.3 is 0 Å². The molecule has 0 bridgehead atoms. The molecule has 2 aliphatic rings. The van der Waals surface area contributed by atoms with Gasteiger partial charge in [0.15, 0.2) is 6.29 Å². The molecular weight excluding hydrogens is 190 g/mol. The van der Waals surface area contributed by atoms with Gasteiger partial charge in [0.1, 0.15) is 5.69 Å². The molecule has 4 heteroatoms. The van der Waals surface area contributed by atoms with E-state index in [0.29, 0.717) is 17.7 Å². The van der Waals surface area contributed by atoms with Crippen LogP contribution in [0.2, 0.25) is 0 Å². The number of aromatic nitrogens is 3. The fraction of sp³-hybridized carbons (Fsp3) is 0.727. The zero-order valence-electron chi connectivity index (χ0n) is 8.89. The van der Waals surface area contributed by atoms with Gasteiger partial charge in [-0.15, -0.1) is 5.10 Å². The zero-order valence-corrected chi connectivity index (χ0v) is 8.89. The first-order chi connectivity index (χ1) is 7.31. The number of rotatable bonds is 4. The summed E-state index contributed by atoms with van der Waals surface area (Å²) in [5.74, 6) is 1.30. The SMILES string of the molecule is CC(C1CC1)n1nnc(C=O)c1C1CC1. The van der Waals surface area contributed by atoms with Gasteiger partial charge in [-0.2, -0.15) is 0 Å². The molecule has 2 fully saturated rings. The average Bonchev–Trinajstić information content (AvgIpc) is 3.12. The van der Waals surface area contributed by atoms with Gasteiger partial charge in [0.25, 0.3) is 0 Å². The van der Waals surface area contributed by atoms with Crippen molar-refractivity contribution in [2.75, 3.05) is 0 Å². The molecule has 1 aromatic rings. The van der Waals surface area contributed by atoms with Crippen molar-refractivity contribution in [1.82, 2.24) is 15.0 Å². The Morgan fingerprint density at radius 1 is 1.40 bits per heavy atom. The number of hydrogen-bond acceptors (Lipinski definition) is 3. The van der Waals surface area contributed by atoms with Gasteiger partial charge in [-0.1, -0.05) is 5.21 Å². The molecule has 1 atom stereocenters. The molecule has 0 aliphatic heterocycles. The van der Waals surface area contributed by atoms with Crippen LogP contribution in [0.5, 0.6) is 0 Å². The lowest BCUT2D eigenvalue weighted by atomic mass is 10.1. The van der Waals surface area contributed by atoms with Crippen molar-refractivity contribution in [3.05, 3.63) is 11.4 Å². The summed E-state index contributed by atoms with van der Waals surface area (Å²) in [4.78, 5) is 10.9. The van der Waals surface area contributed by atoms with E-state index in [-0.39, 0.29) is 0 Å². The van der Waals surface area contributed by atoms with Crippen LogP contribution in [0.4, 0.5) is 0 Å². The largest absolute Gasteiger partial charge is 0.296 e. The van der Waals surface area contributed by atoms with Crippen molar-refractivity contribution < 1.29 is 4.79 Å². The fourth-order valence-electron chi connectivity index (χ4n) is 2.23. The summed E-state index contributed by atoms with van der Waals surface area (Å²) in [5.41, 5.74) is 1.65. The van der Waals surface area contributed by atoms with Crippen LogP contribution in [-0.4, -0.2) is 21.3 Å². The van der Waals surface area contributed by atoms with Crippen LogP contribution in [0.25, 0.3) is 0 Å². The maximum absolute atomic E-state index is 10.9. The van der Waals surface area contributed by atoms with Crippen LogP contribution in [0.1, 0.15) is 60.7 Å². The van der Waals surface area contributed by atoms with Crippen molar-refractivity contribution in [3.8, 4) is 0 Å². The summed E-state index contributed by atoms with van der Waals surface area (Å²) < 4.78 is 2.00. The minimum atomic E-state index is 0.418. The molecule has 4 nitrogen and oxygen atoms in total. The number of hydrogen-bond donors (Lipinski definition) is 0. The highest BCUT2D eigenvalue weighted by Gasteiger charge is 2.36. The van der Waals surface area contributed by atoms with Crippen molar-refractivity contribution in [1.29, 1.82) is 0 Å². The van der Waals surface area contributed by atoms with E-state index in [4.69, 9.17) is 0 Å². The topological polar surface area (TPSA) is 47.8 Å². The Morgan fingerprint density at radius 2 is 2.13 bits per heavy atom. The Hall–Kier alpha value is -1.19.